The largest absolute Gasteiger partial charge is 0.356 e. The summed E-state index contributed by atoms with van der Waals surface area (Å²) in [5.74, 6) is 0.982. The molecule has 0 atom stereocenters. The third kappa shape index (κ3) is 4.72. The predicted molar refractivity (Wildman–Crippen MR) is 99.3 cm³/mol. The quantitative estimate of drug-likeness (QED) is 0.415. The van der Waals surface area contributed by atoms with E-state index in [4.69, 9.17) is 0 Å². The van der Waals surface area contributed by atoms with Crippen LogP contribution < -0.4 is 10.6 Å². The molecule has 1 amide bonds. The molecular weight excluding hydrogens is 379 g/mol. The molecule has 0 aromatic carbocycles. The molecule has 1 rings (SSSR count). The number of amides is 1. The van der Waals surface area contributed by atoms with Crippen LogP contribution in [0.3, 0.4) is 0 Å². The van der Waals surface area contributed by atoms with Crippen molar-refractivity contribution in [1.82, 2.24) is 15.5 Å². The van der Waals surface area contributed by atoms with Crippen LogP contribution in [0.25, 0.3) is 0 Å². The molecule has 0 radical (unpaired) electrons. The van der Waals surface area contributed by atoms with Crippen molar-refractivity contribution in [2.75, 3.05) is 26.7 Å². The van der Waals surface area contributed by atoms with Crippen molar-refractivity contribution >= 4 is 35.8 Å². The van der Waals surface area contributed by atoms with E-state index in [0.29, 0.717) is 13.0 Å². The fourth-order valence-corrected chi connectivity index (χ4v) is 2.34. The number of halogens is 1. The van der Waals surface area contributed by atoms with Gasteiger partial charge in [0.2, 0.25) is 5.91 Å². The number of carbonyl (C=O) groups excluding carboxylic acids is 1. The molecule has 0 aromatic heterocycles. The van der Waals surface area contributed by atoms with E-state index in [0.717, 1.165) is 25.5 Å². The lowest BCUT2D eigenvalue weighted by Gasteiger charge is -2.62. The Kier molecular flexibility index (Phi) is 7.99. The van der Waals surface area contributed by atoms with Gasteiger partial charge in [0.25, 0.3) is 0 Å². The van der Waals surface area contributed by atoms with Gasteiger partial charge in [0.1, 0.15) is 0 Å². The van der Waals surface area contributed by atoms with Crippen LogP contribution in [0.15, 0.2) is 4.99 Å². The number of nitrogens with zero attached hydrogens (tertiary/aromatic N) is 2. The molecule has 1 aliphatic heterocycles. The Morgan fingerprint density at radius 3 is 2.24 bits per heavy atom. The fraction of sp³-hybridized carbons (Fsp3) is 0.867. The maximum Gasteiger partial charge on any atom is 0.221 e. The second-order valence-corrected chi connectivity index (χ2v) is 6.60. The lowest BCUT2D eigenvalue weighted by atomic mass is 9.65. The zero-order valence-electron chi connectivity index (χ0n) is 14.2. The van der Waals surface area contributed by atoms with Crippen molar-refractivity contribution in [2.45, 2.75) is 53.0 Å². The highest BCUT2D eigenvalue weighted by Crippen LogP contribution is 2.46. The molecule has 21 heavy (non-hydrogen) atoms. The van der Waals surface area contributed by atoms with Crippen LogP contribution in [0, 0.1) is 5.41 Å². The van der Waals surface area contributed by atoms with Gasteiger partial charge in [-0.15, -0.1) is 24.0 Å². The summed E-state index contributed by atoms with van der Waals surface area (Å²) in [6.45, 7) is 13.4. The van der Waals surface area contributed by atoms with Gasteiger partial charge in [0.05, 0.1) is 0 Å². The van der Waals surface area contributed by atoms with E-state index in [1.165, 1.54) is 0 Å². The van der Waals surface area contributed by atoms with Gasteiger partial charge in [-0.2, -0.15) is 0 Å². The fourth-order valence-electron chi connectivity index (χ4n) is 2.34. The van der Waals surface area contributed by atoms with Crippen molar-refractivity contribution in [3.05, 3.63) is 0 Å². The minimum atomic E-state index is 0. The monoisotopic (exact) mass is 410 g/mol. The summed E-state index contributed by atoms with van der Waals surface area (Å²) in [4.78, 5) is 18.2. The maximum atomic E-state index is 11.6. The Labute approximate surface area is 146 Å². The van der Waals surface area contributed by atoms with Crippen molar-refractivity contribution < 1.29 is 4.79 Å². The Hall–Kier alpha value is -0.530. The molecular formula is C15H31IN4O. The molecule has 1 fully saturated rings. The maximum absolute atomic E-state index is 11.6. The SMILES string of the molecule is CCCNC(=O)CCNC(=NC)N1CC(C)(C)C1(C)C.I. The number of carbonyl (C=O) groups is 1. The molecule has 5 nitrogen and oxygen atoms in total. The Bertz CT molecular complexity index is 380. The minimum Gasteiger partial charge on any atom is -0.356 e. The third-order valence-electron chi connectivity index (χ3n) is 4.56. The molecule has 0 unspecified atom stereocenters. The van der Waals surface area contributed by atoms with Crippen LogP contribution in [-0.2, 0) is 4.79 Å². The molecule has 0 bridgehead atoms. The first-order valence-corrected chi connectivity index (χ1v) is 7.51. The van der Waals surface area contributed by atoms with E-state index in [2.05, 4.69) is 48.2 Å². The number of nitrogens with one attached hydrogen (secondary N) is 2. The van der Waals surface area contributed by atoms with Gasteiger partial charge in [-0.25, -0.2) is 0 Å². The van der Waals surface area contributed by atoms with E-state index >= 15 is 0 Å². The standard InChI is InChI=1S/C15H30N4O.HI/c1-7-9-17-12(20)8-10-18-13(16-6)19-11-14(2,3)15(19,4)5;/h7-11H2,1-6H3,(H,16,18)(H,17,20);1H. The van der Waals surface area contributed by atoms with Gasteiger partial charge >= 0.3 is 0 Å². The molecule has 0 aromatic rings. The van der Waals surface area contributed by atoms with Gasteiger partial charge < -0.3 is 15.5 Å². The third-order valence-corrected chi connectivity index (χ3v) is 4.56. The highest BCUT2D eigenvalue weighted by molar-refractivity contribution is 14.0. The Morgan fingerprint density at radius 1 is 1.19 bits per heavy atom. The van der Waals surface area contributed by atoms with E-state index in [1.807, 2.05) is 6.92 Å². The first kappa shape index (κ1) is 20.5. The highest BCUT2D eigenvalue weighted by atomic mass is 127. The molecule has 124 valence electrons. The van der Waals surface area contributed by atoms with E-state index in [1.54, 1.807) is 7.05 Å². The van der Waals surface area contributed by atoms with Crippen LogP contribution in [0.5, 0.6) is 0 Å². The second-order valence-electron chi connectivity index (χ2n) is 6.60. The lowest BCUT2D eigenvalue weighted by molar-refractivity contribution is -0.120. The van der Waals surface area contributed by atoms with Crippen LogP contribution in [0.4, 0.5) is 0 Å². The predicted octanol–water partition coefficient (Wildman–Crippen LogP) is 2.22. The van der Waals surface area contributed by atoms with Gasteiger partial charge in [-0.05, 0) is 20.3 Å². The van der Waals surface area contributed by atoms with Crippen LogP contribution in [0.2, 0.25) is 0 Å². The van der Waals surface area contributed by atoms with Crippen molar-refractivity contribution in [3.63, 3.8) is 0 Å². The number of rotatable bonds is 5. The molecule has 0 saturated carbocycles. The summed E-state index contributed by atoms with van der Waals surface area (Å²) in [5, 5.41) is 6.17. The summed E-state index contributed by atoms with van der Waals surface area (Å²) in [6, 6.07) is 0. The first-order chi connectivity index (χ1) is 9.26. The Balaban J connectivity index is 0.00000400. The molecule has 6 heteroatoms. The van der Waals surface area contributed by atoms with Crippen LogP contribution >= 0.6 is 24.0 Å². The Morgan fingerprint density at radius 2 is 1.81 bits per heavy atom. The lowest BCUT2D eigenvalue weighted by Crippen LogP contribution is -2.72. The molecule has 1 heterocycles. The van der Waals surface area contributed by atoms with Crippen molar-refractivity contribution in [1.29, 1.82) is 0 Å². The highest BCUT2D eigenvalue weighted by Gasteiger charge is 2.53. The smallest absolute Gasteiger partial charge is 0.221 e. The van der Waals surface area contributed by atoms with Crippen molar-refractivity contribution in [2.24, 2.45) is 10.4 Å². The van der Waals surface area contributed by atoms with Crippen LogP contribution in [0.1, 0.15) is 47.5 Å². The molecule has 1 aliphatic rings. The summed E-state index contributed by atoms with van der Waals surface area (Å²) in [6.07, 6.45) is 1.45. The number of guanidine groups is 1. The van der Waals surface area contributed by atoms with Gasteiger partial charge in [0.15, 0.2) is 5.96 Å². The average Bonchev–Trinajstić information content (AvgIpc) is 2.39. The second kappa shape index (κ2) is 8.19. The zero-order valence-corrected chi connectivity index (χ0v) is 16.6. The summed E-state index contributed by atoms with van der Waals surface area (Å²) in [5.41, 5.74) is 0.364. The van der Waals surface area contributed by atoms with E-state index in [-0.39, 0.29) is 40.8 Å². The first-order valence-electron chi connectivity index (χ1n) is 7.51. The number of likely N-dealkylation sites (tertiary alicyclic amines) is 1. The molecule has 0 aliphatic carbocycles. The van der Waals surface area contributed by atoms with Crippen molar-refractivity contribution in [3.8, 4) is 0 Å². The van der Waals surface area contributed by atoms with E-state index in [9.17, 15) is 4.79 Å². The minimum absolute atomic E-state index is 0. The molecule has 2 N–H and O–H groups in total. The topological polar surface area (TPSA) is 56.7 Å². The summed E-state index contributed by atoms with van der Waals surface area (Å²) < 4.78 is 0. The number of hydrogen-bond donors (Lipinski definition) is 2. The van der Waals surface area contributed by atoms with E-state index < -0.39 is 0 Å². The molecule has 1 saturated heterocycles. The van der Waals surface area contributed by atoms with Gasteiger partial charge in [-0.1, -0.05) is 20.8 Å². The average molecular weight is 410 g/mol. The zero-order chi connectivity index (χ0) is 15.4. The van der Waals surface area contributed by atoms with Gasteiger partial charge in [0, 0.05) is 44.1 Å². The molecule has 0 spiro atoms. The number of hydrogen-bond acceptors (Lipinski definition) is 2. The van der Waals surface area contributed by atoms with Crippen LogP contribution in [-0.4, -0.2) is 49.0 Å². The summed E-state index contributed by atoms with van der Waals surface area (Å²) in [7, 11) is 1.79. The number of aliphatic imine (C=N–C) groups is 1. The summed E-state index contributed by atoms with van der Waals surface area (Å²) >= 11 is 0. The normalized spacial score (nSPS) is 19.3. The van der Waals surface area contributed by atoms with Gasteiger partial charge in [-0.3, -0.25) is 9.79 Å².